The number of hydrogen-bond acceptors (Lipinski definition) is 8. The fourth-order valence-electron chi connectivity index (χ4n) is 5.37. The molecule has 0 aliphatic carbocycles. The van der Waals surface area contributed by atoms with E-state index in [4.69, 9.17) is 18.9 Å². The quantitative estimate of drug-likeness (QED) is 0.0373. The van der Waals surface area contributed by atoms with Crippen molar-refractivity contribution in [3.05, 3.63) is 0 Å². The van der Waals surface area contributed by atoms with Gasteiger partial charge in [0.1, 0.15) is 12.7 Å². The smallest absolute Gasteiger partial charge is 0.306 e. The number of unbranched alkanes of at least 4 members (excludes halogenated alkanes) is 20. The maximum Gasteiger partial charge on any atom is 0.306 e. The molecular weight excluding hydrogens is 596 g/mol. The second kappa shape index (κ2) is 35.2. The Bertz CT molecular complexity index is 753. The highest BCUT2D eigenvalue weighted by molar-refractivity contribution is 5.70. The Hall–Kier alpha value is -2.12. The minimum Gasteiger partial charge on any atom is -0.466 e. The lowest BCUT2D eigenvalue weighted by Crippen LogP contribution is -2.22. The lowest BCUT2D eigenvalue weighted by atomic mass is 10.1. The molecule has 0 bridgehead atoms. The summed E-state index contributed by atoms with van der Waals surface area (Å²) in [6.45, 7) is 7.27. The van der Waals surface area contributed by atoms with Gasteiger partial charge in [0.15, 0.2) is 0 Å². The summed E-state index contributed by atoms with van der Waals surface area (Å²) in [6, 6.07) is 0. The highest BCUT2D eigenvalue weighted by Gasteiger charge is 2.12. The highest BCUT2D eigenvalue weighted by Crippen LogP contribution is 2.12. The molecule has 276 valence electrons. The van der Waals surface area contributed by atoms with Crippen molar-refractivity contribution in [2.75, 3.05) is 19.8 Å². The van der Waals surface area contributed by atoms with Crippen molar-refractivity contribution >= 4 is 23.9 Å². The van der Waals surface area contributed by atoms with Crippen LogP contribution in [0.2, 0.25) is 0 Å². The minimum atomic E-state index is -0.438. The van der Waals surface area contributed by atoms with Crippen molar-refractivity contribution in [3.63, 3.8) is 0 Å². The van der Waals surface area contributed by atoms with Crippen molar-refractivity contribution in [1.29, 1.82) is 0 Å². The first-order valence-corrected chi connectivity index (χ1v) is 19.5. The number of carbonyl (C=O) groups excluding carboxylic acids is 4. The number of rotatable bonds is 35. The van der Waals surface area contributed by atoms with Gasteiger partial charge in [-0.1, -0.05) is 129 Å². The summed E-state index contributed by atoms with van der Waals surface area (Å²) in [4.78, 5) is 47.6. The predicted molar refractivity (Wildman–Crippen MR) is 189 cm³/mol. The highest BCUT2D eigenvalue weighted by atomic mass is 16.6. The molecule has 0 heterocycles. The average Bonchev–Trinajstić information content (AvgIpc) is 3.05. The molecule has 8 heteroatoms. The first-order valence-electron chi connectivity index (χ1n) is 19.5. The Morgan fingerprint density at radius 2 is 0.681 bits per heavy atom. The SMILES string of the molecule is CCCCCCCC(=O)OCCCCCCCCCC(=O)OCC(C)OC(=O)CCCCCCCCCOC(=O)CCCCCCC. The van der Waals surface area contributed by atoms with E-state index in [-0.39, 0.29) is 30.5 Å². The van der Waals surface area contributed by atoms with Gasteiger partial charge in [-0.25, -0.2) is 0 Å². The summed E-state index contributed by atoms with van der Waals surface area (Å²) in [5.41, 5.74) is 0. The summed E-state index contributed by atoms with van der Waals surface area (Å²) in [5, 5.41) is 0. The number of esters is 4. The summed E-state index contributed by atoms with van der Waals surface area (Å²) in [6.07, 6.45) is 27.0. The summed E-state index contributed by atoms with van der Waals surface area (Å²) in [5.74, 6) is -0.606. The van der Waals surface area contributed by atoms with E-state index in [0.29, 0.717) is 38.9 Å². The molecular formula is C39H72O8. The van der Waals surface area contributed by atoms with Crippen molar-refractivity contribution in [1.82, 2.24) is 0 Å². The topological polar surface area (TPSA) is 105 Å². The van der Waals surface area contributed by atoms with Gasteiger partial charge < -0.3 is 18.9 Å². The van der Waals surface area contributed by atoms with Crippen LogP contribution in [0.1, 0.15) is 201 Å². The van der Waals surface area contributed by atoms with Crippen LogP contribution in [0.25, 0.3) is 0 Å². The van der Waals surface area contributed by atoms with Gasteiger partial charge in [0.2, 0.25) is 0 Å². The molecule has 0 aliphatic heterocycles. The van der Waals surface area contributed by atoms with Gasteiger partial charge >= 0.3 is 23.9 Å². The lowest BCUT2D eigenvalue weighted by Gasteiger charge is -2.13. The Morgan fingerprint density at radius 3 is 1.06 bits per heavy atom. The molecule has 1 unspecified atom stereocenters. The summed E-state index contributed by atoms with van der Waals surface area (Å²) < 4.78 is 21.3. The molecule has 0 saturated carbocycles. The van der Waals surface area contributed by atoms with Gasteiger partial charge in [-0.3, -0.25) is 19.2 Å². The fraction of sp³-hybridized carbons (Fsp3) is 0.897. The molecule has 0 rings (SSSR count). The molecule has 0 radical (unpaired) electrons. The molecule has 0 spiro atoms. The molecule has 0 aromatic rings. The van der Waals surface area contributed by atoms with E-state index in [9.17, 15) is 19.2 Å². The number of ether oxygens (including phenoxy) is 4. The van der Waals surface area contributed by atoms with Gasteiger partial charge in [0, 0.05) is 25.7 Å². The monoisotopic (exact) mass is 669 g/mol. The number of carbonyl (C=O) groups is 4. The molecule has 0 amide bonds. The zero-order valence-electron chi connectivity index (χ0n) is 30.8. The normalized spacial score (nSPS) is 11.6. The Balaban J connectivity index is 3.48. The van der Waals surface area contributed by atoms with Crippen LogP contribution in [-0.2, 0) is 38.1 Å². The predicted octanol–water partition coefficient (Wildman–Crippen LogP) is 10.5. The summed E-state index contributed by atoms with van der Waals surface area (Å²) in [7, 11) is 0. The van der Waals surface area contributed by atoms with E-state index in [2.05, 4.69) is 13.8 Å². The van der Waals surface area contributed by atoms with Crippen molar-refractivity contribution < 1.29 is 38.1 Å². The van der Waals surface area contributed by atoms with E-state index >= 15 is 0 Å². The van der Waals surface area contributed by atoms with Crippen molar-refractivity contribution in [3.8, 4) is 0 Å². The van der Waals surface area contributed by atoms with Crippen LogP contribution >= 0.6 is 0 Å². The van der Waals surface area contributed by atoms with Gasteiger partial charge in [0.05, 0.1) is 13.2 Å². The number of hydrogen-bond donors (Lipinski definition) is 0. The Labute approximate surface area is 288 Å². The largest absolute Gasteiger partial charge is 0.466 e. The standard InChI is InChI=1S/C39H72O8/c1-4-6-8-16-22-28-36(40)44-32-26-20-14-10-12-18-24-30-38(42)46-34-35(3)47-39(43)31-25-19-13-11-15-21-27-33-45-37(41)29-23-17-9-7-5-2/h35H,4-34H2,1-3H3. The molecule has 1 atom stereocenters. The van der Waals surface area contributed by atoms with Crippen molar-refractivity contribution in [2.45, 2.75) is 207 Å². The van der Waals surface area contributed by atoms with Crippen LogP contribution in [0.4, 0.5) is 0 Å². The van der Waals surface area contributed by atoms with Crippen molar-refractivity contribution in [2.24, 2.45) is 0 Å². The molecule has 0 saturated heterocycles. The zero-order valence-corrected chi connectivity index (χ0v) is 30.8. The van der Waals surface area contributed by atoms with E-state index in [1.165, 1.54) is 38.5 Å². The second-order valence-corrected chi connectivity index (χ2v) is 13.2. The second-order valence-electron chi connectivity index (χ2n) is 13.2. The van der Waals surface area contributed by atoms with E-state index in [1.54, 1.807) is 6.92 Å². The lowest BCUT2D eigenvalue weighted by molar-refractivity contribution is -0.158. The van der Waals surface area contributed by atoms with Gasteiger partial charge in [-0.2, -0.15) is 0 Å². The maximum absolute atomic E-state index is 12.1. The zero-order chi connectivity index (χ0) is 34.6. The van der Waals surface area contributed by atoms with Crippen LogP contribution in [0.3, 0.4) is 0 Å². The molecule has 0 aromatic heterocycles. The van der Waals surface area contributed by atoms with E-state index in [1.807, 2.05) is 0 Å². The Kier molecular flexibility index (Phi) is 33.6. The molecule has 8 nitrogen and oxygen atoms in total. The molecule has 0 fully saturated rings. The minimum absolute atomic E-state index is 0.0634. The van der Waals surface area contributed by atoms with Crippen LogP contribution in [0, 0.1) is 0 Å². The fourth-order valence-corrected chi connectivity index (χ4v) is 5.37. The average molecular weight is 669 g/mol. The van der Waals surface area contributed by atoms with Crippen LogP contribution in [0.5, 0.6) is 0 Å². The first-order chi connectivity index (χ1) is 22.9. The van der Waals surface area contributed by atoms with Crippen LogP contribution in [-0.4, -0.2) is 49.8 Å². The van der Waals surface area contributed by atoms with Crippen LogP contribution in [0.15, 0.2) is 0 Å². The third-order valence-electron chi connectivity index (χ3n) is 8.36. The first kappa shape index (κ1) is 44.9. The summed E-state index contributed by atoms with van der Waals surface area (Å²) >= 11 is 0. The third kappa shape index (κ3) is 35.0. The molecule has 0 aromatic carbocycles. The third-order valence-corrected chi connectivity index (χ3v) is 8.36. The van der Waals surface area contributed by atoms with Crippen LogP contribution < -0.4 is 0 Å². The van der Waals surface area contributed by atoms with Gasteiger partial charge in [-0.15, -0.1) is 0 Å². The molecule has 47 heavy (non-hydrogen) atoms. The molecule has 0 N–H and O–H groups in total. The van der Waals surface area contributed by atoms with E-state index < -0.39 is 6.10 Å². The Morgan fingerprint density at radius 1 is 0.383 bits per heavy atom. The van der Waals surface area contributed by atoms with E-state index in [0.717, 1.165) is 116 Å². The maximum atomic E-state index is 12.1. The van der Waals surface area contributed by atoms with Gasteiger partial charge in [0.25, 0.3) is 0 Å². The van der Waals surface area contributed by atoms with Gasteiger partial charge in [-0.05, 0) is 45.4 Å². The molecule has 0 aliphatic rings.